The van der Waals surface area contributed by atoms with Crippen molar-refractivity contribution in [1.82, 2.24) is 14.9 Å². The lowest BCUT2D eigenvalue weighted by molar-refractivity contribution is 0.313. The SMILES string of the molecule is CC1CCc2c(sc3ncnc(Nc4ccc(N5CCN(C)CC5)cc4)c23)C1.Cl. The van der Waals surface area contributed by atoms with Gasteiger partial charge < -0.3 is 15.1 Å². The third kappa shape index (κ3) is 4.06. The van der Waals surface area contributed by atoms with Gasteiger partial charge in [0.1, 0.15) is 17.0 Å². The molecule has 1 unspecified atom stereocenters. The molecule has 1 atom stereocenters. The Morgan fingerprint density at radius 1 is 1.07 bits per heavy atom. The van der Waals surface area contributed by atoms with Gasteiger partial charge in [-0.1, -0.05) is 6.92 Å². The highest BCUT2D eigenvalue weighted by atomic mass is 35.5. The highest BCUT2D eigenvalue weighted by Crippen LogP contribution is 2.40. The lowest BCUT2D eigenvalue weighted by Gasteiger charge is -2.34. The molecular formula is C22H28ClN5S. The second-order valence-electron chi connectivity index (χ2n) is 8.22. The number of halogens is 1. The van der Waals surface area contributed by atoms with Crippen LogP contribution in [0.1, 0.15) is 23.8 Å². The topological polar surface area (TPSA) is 44.3 Å². The number of rotatable bonds is 3. The number of thiophene rings is 1. The van der Waals surface area contributed by atoms with Gasteiger partial charge in [-0.25, -0.2) is 9.97 Å². The summed E-state index contributed by atoms with van der Waals surface area (Å²) in [7, 11) is 2.19. The number of nitrogens with zero attached hydrogens (tertiary/aromatic N) is 4. The first-order valence-corrected chi connectivity index (χ1v) is 11.0. The van der Waals surface area contributed by atoms with E-state index in [4.69, 9.17) is 0 Å². The summed E-state index contributed by atoms with van der Waals surface area (Å²) in [6.45, 7) is 6.78. The van der Waals surface area contributed by atoms with Crippen molar-refractivity contribution in [3.8, 4) is 0 Å². The van der Waals surface area contributed by atoms with Gasteiger partial charge in [0.15, 0.2) is 0 Å². The third-order valence-electron chi connectivity index (χ3n) is 6.09. The molecule has 0 bridgehead atoms. The summed E-state index contributed by atoms with van der Waals surface area (Å²) in [4.78, 5) is 16.6. The van der Waals surface area contributed by atoms with Gasteiger partial charge in [0.05, 0.1) is 5.39 Å². The zero-order valence-electron chi connectivity index (χ0n) is 17.0. The maximum absolute atomic E-state index is 4.59. The van der Waals surface area contributed by atoms with Crippen molar-refractivity contribution in [3.63, 3.8) is 0 Å². The first kappa shape index (κ1) is 20.4. The predicted molar refractivity (Wildman–Crippen MR) is 125 cm³/mol. The van der Waals surface area contributed by atoms with E-state index in [-0.39, 0.29) is 12.4 Å². The summed E-state index contributed by atoms with van der Waals surface area (Å²) >= 11 is 1.85. The molecule has 1 aliphatic carbocycles. The Labute approximate surface area is 182 Å². The number of fused-ring (bicyclic) bond motifs is 3. The van der Waals surface area contributed by atoms with Gasteiger partial charge in [0, 0.05) is 42.4 Å². The molecule has 0 radical (unpaired) electrons. The number of anilines is 3. The Kier molecular flexibility index (Phi) is 5.95. The minimum absolute atomic E-state index is 0. The number of piperazine rings is 1. The van der Waals surface area contributed by atoms with Crippen LogP contribution in [-0.2, 0) is 12.8 Å². The molecule has 2 aromatic heterocycles. The van der Waals surface area contributed by atoms with Crippen LogP contribution in [0.3, 0.4) is 0 Å². The quantitative estimate of drug-likeness (QED) is 0.651. The van der Waals surface area contributed by atoms with Crippen molar-refractivity contribution in [3.05, 3.63) is 41.0 Å². The van der Waals surface area contributed by atoms with Crippen molar-refractivity contribution in [2.24, 2.45) is 5.92 Å². The molecular weight excluding hydrogens is 402 g/mol. The summed E-state index contributed by atoms with van der Waals surface area (Å²) in [5.74, 6) is 1.72. The molecule has 1 fully saturated rings. The second kappa shape index (κ2) is 8.46. The van der Waals surface area contributed by atoms with Crippen LogP contribution in [0.4, 0.5) is 17.2 Å². The van der Waals surface area contributed by atoms with E-state index in [9.17, 15) is 0 Å². The van der Waals surface area contributed by atoms with Crippen LogP contribution in [0.15, 0.2) is 30.6 Å². The van der Waals surface area contributed by atoms with Gasteiger partial charge in [0.25, 0.3) is 0 Å². The fourth-order valence-corrected chi connectivity index (χ4v) is 5.68. The lowest BCUT2D eigenvalue weighted by atomic mass is 9.89. The molecule has 29 heavy (non-hydrogen) atoms. The molecule has 1 aromatic carbocycles. The van der Waals surface area contributed by atoms with Gasteiger partial charge in [0.2, 0.25) is 0 Å². The van der Waals surface area contributed by atoms with Gasteiger partial charge in [-0.3, -0.25) is 0 Å². The molecule has 1 aliphatic heterocycles. The summed E-state index contributed by atoms with van der Waals surface area (Å²) in [6.07, 6.45) is 5.26. The molecule has 0 saturated carbocycles. The Hall–Kier alpha value is -1.89. The monoisotopic (exact) mass is 429 g/mol. The Bertz CT molecular complexity index is 979. The second-order valence-corrected chi connectivity index (χ2v) is 9.30. The highest BCUT2D eigenvalue weighted by molar-refractivity contribution is 7.19. The molecule has 1 N–H and O–H groups in total. The van der Waals surface area contributed by atoms with E-state index in [2.05, 4.69) is 63.3 Å². The summed E-state index contributed by atoms with van der Waals surface area (Å²) in [5, 5.41) is 4.79. The van der Waals surface area contributed by atoms with Crippen molar-refractivity contribution < 1.29 is 0 Å². The van der Waals surface area contributed by atoms with Gasteiger partial charge in [-0.05, 0) is 62.1 Å². The van der Waals surface area contributed by atoms with E-state index in [0.29, 0.717) is 0 Å². The van der Waals surface area contributed by atoms with Crippen LogP contribution in [0, 0.1) is 5.92 Å². The van der Waals surface area contributed by atoms with Gasteiger partial charge >= 0.3 is 0 Å². The van der Waals surface area contributed by atoms with Crippen molar-refractivity contribution in [1.29, 1.82) is 0 Å². The predicted octanol–water partition coefficient (Wildman–Crippen LogP) is 4.73. The van der Waals surface area contributed by atoms with Gasteiger partial charge in [-0.15, -0.1) is 23.7 Å². The van der Waals surface area contributed by atoms with Crippen molar-refractivity contribution in [2.45, 2.75) is 26.2 Å². The van der Waals surface area contributed by atoms with Crippen LogP contribution < -0.4 is 10.2 Å². The minimum Gasteiger partial charge on any atom is -0.369 e. The highest BCUT2D eigenvalue weighted by Gasteiger charge is 2.23. The average molecular weight is 430 g/mol. The fourth-order valence-electron chi connectivity index (χ4n) is 4.33. The first-order valence-electron chi connectivity index (χ1n) is 10.2. The fraction of sp³-hybridized carbons (Fsp3) is 0.455. The van der Waals surface area contributed by atoms with E-state index in [1.165, 1.54) is 34.4 Å². The average Bonchev–Trinajstić information content (AvgIpc) is 3.07. The molecule has 0 amide bonds. The Balaban J connectivity index is 0.00000205. The minimum atomic E-state index is 0. The number of aryl methyl sites for hydroxylation is 1. The van der Waals surface area contributed by atoms with Crippen LogP contribution in [0.2, 0.25) is 0 Å². The smallest absolute Gasteiger partial charge is 0.142 e. The van der Waals surface area contributed by atoms with E-state index in [1.807, 2.05) is 11.3 Å². The molecule has 3 heterocycles. The van der Waals surface area contributed by atoms with Crippen LogP contribution in [-0.4, -0.2) is 48.1 Å². The molecule has 154 valence electrons. The van der Waals surface area contributed by atoms with Gasteiger partial charge in [-0.2, -0.15) is 0 Å². The molecule has 3 aromatic rings. The maximum atomic E-state index is 4.59. The first-order chi connectivity index (χ1) is 13.7. The Morgan fingerprint density at radius 2 is 1.83 bits per heavy atom. The molecule has 0 spiro atoms. The summed E-state index contributed by atoms with van der Waals surface area (Å²) in [5.41, 5.74) is 3.85. The van der Waals surface area contributed by atoms with E-state index >= 15 is 0 Å². The number of hydrogen-bond donors (Lipinski definition) is 1. The largest absolute Gasteiger partial charge is 0.369 e. The number of hydrogen-bond acceptors (Lipinski definition) is 6. The zero-order valence-corrected chi connectivity index (χ0v) is 18.7. The van der Waals surface area contributed by atoms with Crippen molar-refractivity contribution in [2.75, 3.05) is 43.4 Å². The van der Waals surface area contributed by atoms with Crippen LogP contribution in [0.5, 0.6) is 0 Å². The van der Waals surface area contributed by atoms with E-state index in [0.717, 1.165) is 54.9 Å². The maximum Gasteiger partial charge on any atom is 0.142 e. The molecule has 7 heteroatoms. The molecule has 1 saturated heterocycles. The zero-order chi connectivity index (χ0) is 19.1. The summed E-state index contributed by atoms with van der Waals surface area (Å²) in [6, 6.07) is 8.78. The van der Waals surface area contributed by atoms with Crippen molar-refractivity contribution >= 4 is 51.2 Å². The van der Waals surface area contributed by atoms with E-state index < -0.39 is 0 Å². The summed E-state index contributed by atoms with van der Waals surface area (Å²) < 4.78 is 0. The molecule has 5 nitrogen and oxygen atoms in total. The van der Waals surface area contributed by atoms with E-state index in [1.54, 1.807) is 6.33 Å². The third-order valence-corrected chi connectivity index (χ3v) is 7.25. The number of benzene rings is 1. The Morgan fingerprint density at radius 3 is 2.59 bits per heavy atom. The number of nitrogens with one attached hydrogen (secondary N) is 1. The van der Waals surface area contributed by atoms with Crippen LogP contribution >= 0.6 is 23.7 Å². The molecule has 5 rings (SSSR count). The lowest BCUT2D eigenvalue weighted by Crippen LogP contribution is -2.44. The standard InChI is InChI=1S/C22H27N5S.ClH/c1-15-3-8-18-19(13-15)28-22-20(18)21(23-14-24-22)25-16-4-6-17(7-5-16)27-11-9-26(2)10-12-27;/h4-7,14-15H,3,8-13H2,1-2H3,(H,23,24,25);1H. The van der Waals surface area contributed by atoms with Crippen LogP contribution in [0.25, 0.3) is 10.2 Å². The molecule has 2 aliphatic rings. The number of likely N-dealkylation sites (N-methyl/N-ethyl adjacent to an activating group) is 1. The number of aromatic nitrogens is 2. The normalized spacial score (nSPS) is 19.7.